The first kappa shape index (κ1) is 14.0. The van der Waals surface area contributed by atoms with E-state index in [4.69, 9.17) is 5.11 Å². The van der Waals surface area contributed by atoms with Gasteiger partial charge in [0.1, 0.15) is 6.54 Å². The van der Waals surface area contributed by atoms with E-state index in [1.165, 1.54) is 11.0 Å². The molecule has 0 aliphatic rings. The molecular formula is C12H17N3O3. The summed E-state index contributed by atoms with van der Waals surface area (Å²) in [6, 6.07) is 1.77. The van der Waals surface area contributed by atoms with Gasteiger partial charge in [-0.3, -0.25) is 14.3 Å². The van der Waals surface area contributed by atoms with Crippen molar-refractivity contribution in [2.24, 2.45) is 7.05 Å². The van der Waals surface area contributed by atoms with Crippen LogP contribution < -0.4 is 0 Å². The second-order valence-corrected chi connectivity index (χ2v) is 3.87. The maximum absolute atomic E-state index is 11.8. The number of aryl methyl sites for hydroxylation is 1. The van der Waals surface area contributed by atoms with Crippen molar-refractivity contribution >= 4 is 18.0 Å². The quantitative estimate of drug-likeness (QED) is 0.757. The van der Waals surface area contributed by atoms with Gasteiger partial charge in [0.25, 0.3) is 0 Å². The lowest BCUT2D eigenvalue weighted by atomic mass is 10.3. The Morgan fingerprint density at radius 2 is 2.28 bits per heavy atom. The number of carboxylic acid groups (broad SMARTS) is 1. The monoisotopic (exact) mass is 251 g/mol. The number of nitrogens with zero attached hydrogens (tertiary/aromatic N) is 3. The molecule has 0 aliphatic carbocycles. The van der Waals surface area contributed by atoms with Gasteiger partial charge in [-0.2, -0.15) is 5.10 Å². The maximum Gasteiger partial charge on any atom is 0.323 e. The molecule has 1 aromatic heterocycles. The average Bonchev–Trinajstić information content (AvgIpc) is 2.70. The number of rotatable bonds is 6. The van der Waals surface area contributed by atoms with E-state index in [9.17, 15) is 9.59 Å². The van der Waals surface area contributed by atoms with E-state index in [0.717, 1.165) is 12.1 Å². The van der Waals surface area contributed by atoms with Crippen LogP contribution in [0.25, 0.3) is 6.08 Å². The molecule has 6 heteroatoms. The van der Waals surface area contributed by atoms with Gasteiger partial charge >= 0.3 is 5.97 Å². The topological polar surface area (TPSA) is 75.4 Å². The Kier molecular flexibility index (Phi) is 5.10. The molecule has 1 amide bonds. The molecule has 0 bridgehead atoms. The first-order chi connectivity index (χ1) is 8.54. The number of aromatic nitrogens is 2. The second-order valence-electron chi connectivity index (χ2n) is 3.87. The lowest BCUT2D eigenvalue weighted by Crippen LogP contribution is -2.35. The van der Waals surface area contributed by atoms with Crippen molar-refractivity contribution in [3.8, 4) is 0 Å². The summed E-state index contributed by atoms with van der Waals surface area (Å²) in [6.07, 6.45) is 5.35. The minimum absolute atomic E-state index is 0.275. The molecule has 0 aromatic carbocycles. The van der Waals surface area contributed by atoms with Crippen LogP contribution in [0, 0.1) is 0 Å². The number of hydrogen-bond donors (Lipinski definition) is 1. The molecule has 18 heavy (non-hydrogen) atoms. The predicted molar refractivity (Wildman–Crippen MR) is 66.7 cm³/mol. The zero-order valence-corrected chi connectivity index (χ0v) is 10.5. The lowest BCUT2D eigenvalue weighted by molar-refractivity contribution is -0.142. The van der Waals surface area contributed by atoms with Gasteiger partial charge < -0.3 is 10.0 Å². The van der Waals surface area contributed by atoms with Crippen molar-refractivity contribution in [2.45, 2.75) is 13.3 Å². The molecule has 0 radical (unpaired) electrons. The molecule has 1 heterocycles. The largest absolute Gasteiger partial charge is 0.480 e. The summed E-state index contributed by atoms with van der Waals surface area (Å²) in [7, 11) is 1.77. The molecule has 6 nitrogen and oxygen atoms in total. The van der Waals surface area contributed by atoms with Gasteiger partial charge in [-0.15, -0.1) is 0 Å². The number of carboxylic acids is 1. The van der Waals surface area contributed by atoms with Crippen LogP contribution in [0.15, 0.2) is 18.3 Å². The van der Waals surface area contributed by atoms with Crippen LogP contribution in [0.2, 0.25) is 0 Å². The Hall–Kier alpha value is -2.11. The molecule has 0 saturated carbocycles. The Labute approximate surface area is 106 Å². The number of amides is 1. The summed E-state index contributed by atoms with van der Waals surface area (Å²) in [5, 5.41) is 12.7. The highest BCUT2D eigenvalue weighted by Gasteiger charge is 2.13. The molecule has 0 unspecified atom stereocenters. The summed E-state index contributed by atoms with van der Waals surface area (Å²) in [6.45, 7) is 2.05. The molecule has 1 rings (SSSR count). The molecule has 0 atom stereocenters. The Bertz CT molecular complexity index is 451. The predicted octanol–water partition coefficient (Wildman–Crippen LogP) is 0.756. The van der Waals surface area contributed by atoms with Crippen LogP contribution in [0.4, 0.5) is 0 Å². The summed E-state index contributed by atoms with van der Waals surface area (Å²) in [4.78, 5) is 23.8. The first-order valence-electron chi connectivity index (χ1n) is 5.71. The van der Waals surface area contributed by atoms with Crippen molar-refractivity contribution in [1.29, 1.82) is 0 Å². The summed E-state index contributed by atoms with van der Waals surface area (Å²) < 4.78 is 1.63. The minimum atomic E-state index is -1.01. The van der Waals surface area contributed by atoms with Gasteiger partial charge in [0.05, 0.1) is 5.69 Å². The van der Waals surface area contributed by atoms with E-state index in [1.54, 1.807) is 30.1 Å². The average molecular weight is 251 g/mol. The van der Waals surface area contributed by atoms with Gasteiger partial charge in [-0.05, 0) is 18.6 Å². The van der Waals surface area contributed by atoms with Gasteiger partial charge in [-0.25, -0.2) is 0 Å². The van der Waals surface area contributed by atoms with Crippen LogP contribution in [0.1, 0.15) is 19.0 Å². The fraction of sp³-hybridized carbons (Fsp3) is 0.417. The van der Waals surface area contributed by atoms with Crippen molar-refractivity contribution in [1.82, 2.24) is 14.7 Å². The Balaban J connectivity index is 2.69. The lowest BCUT2D eigenvalue weighted by Gasteiger charge is -2.17. The van der Waals surface area contributed by atoms with Crippen LogP contribution in [0.5, 0.6) is 0 Å². The van der Waals surface area contributed by atoms with Crippen molar-refractivity contribution in [3.05, 3.63) is 24.0 Å². The zero-order valence-electron chi connectivity index (χ0n) is 10.5. The third-order valence-corrected chi connectivity index (χ3v) is 2.39. The third kappa shape index (κ3) is 4.04. The minimum Gasteiger partial charge on any atom is -0.480 e. The van der Waals surface area contributed by atoms with Crippen LogP contribution >= 0.6 is 0 Å². The molecule has 0 fully saturated rings. The fourth-order valence-electron chi connectivity index (χ4n) is 1.51. The van der Waals surface area contributed by atoms with E-state index in [2.05, 4.69) is 5.10 Å². The van der Waals surface area contributed by atoms with E-state index >= 15 is 0 Å². The SMILES string of the molecule is CCCN(CC(=O)O)C(=O)/C=C/c1ccnn1C. The summed E-state index contributed by atoms with van der Waals surface area (Å²) in [5.41, 5.74) is 0.787. The van der Waals surface area contributed by atoms with Crippen LogP contribution in [-0.4, -0.2) is 44.8 Å². The smallest absolute Gasteiger partial charge is 0.323 e. The number of carbonyl (C=O) groups is 2. The van der Waals surface area contributed by atoms with Gasteiger partial charge in [0.2, 0.25) is 5.91 Å². The van der Waals surface area contributed by atoms with Gasteiger partial charge in [0.15, 0.2) is 0 Å². The molecule has 0 saturated heterocycles. The van der Waals surface area contributed by atoms with E-state index in [0.29, 0.717) is 6.54 Å². The summed E-state index contributed by atoms with van der Waals surface area (Å²) >= 11 is 0. The third-order valence-electron chi connectivity index (χ3n) is 2.39. The molecule has 0 spiro atoms. The normalized spacial score (nSPS) is 10.8. The maximum atomic E-state index is 11.8. The second kappa shape index (κ2) is 6.58. The Morgan fingerprint density at radius 1 is 1.56 bits per heavy atom. The van der Waals surface area contributed by atoms with Crippen molar-refractivity contribution < 1.29 is 14.7 Å². The summed E-state index contributed by atoms with van der Waals surface area (Å²) in [5.74, 6) is -1.31. The van der Waals surface area contributed by atoms with Gasteiger partial charge in [-0.1, -0.05) is 6.92 Å². The highest BCUT2D eigenvalue weighted by atomic mass is 16.4. The van der Waals surface area contributed by atoms with Crippen LogP contribution in [-0.2, 0) is 16.6 Å². The highest BCUT2D eigenvalue weighted by Crippen LogP contribution is 2.01. The number of carbonyl (C=O) groups excluding carboxylic acids is 1. The molecular weight excluding hydrogens is 234 g/mol. The molecule has 1 N–H and O–H groups in total. The molecule has 98 valence electrons. The highest BCUT2D eigenvalue weighted by molar-refractivity contribution is 5.93. The Morgan fingerprint density at radius 3 is 2.78 bits per heavy atom. The molecule has 1 aromatic rings. The first-order valence-corrected chi connectivity index (χ1v) is 5.71. The standard InChI is InChI=1S/C12H17N3O3/c1-3-8-15(9-12(17)18)11(16)5-4-10-6-7-13-14(10)2/h4-7H,3,8-9H2,1-2H3,(H,17,18)/b5-4+. The van der Waals surface area contributed by atoms with Crippen molar-refractivity contribution in [2.75, 3.05) is 13.1 Å². The molecule has 0 aliphatic heterocycles. The van der Waals surface area contributed by atoms with E-state index in [-0.39, 0.29) is 12.5 Å². The van der Waals surface area contributed by atoms with Crippen molar-refractivity contribution in [3.63, 3.8) is 0 Å². The van der Waals surface area contributed by atoms with Gasteiger partial charge in [0, 0.05) is 25.9 Å². The van der Waals surface area contributed by atoms with E-state index < -0.39 is 5.97 Å². The number of aliphatic carboxylic acids is 1. The zero-order chi connectivity index (χ0) is 13.5. The van der Waals surface area contributed by atoms with E-state index in [1.807, 2.05) is 6.92 Å². The van der Waals surface area contributed by atoms with Crippen LogP contribution in [0.3, 0.4) is 0 Å². The number of hydrogen-bond acceptors (Lipinski definition) is 3. The fourth-order valence-corrected chi connectivity index (χ4v) is 1.51.